The number of para-hydroxylation sites is 1. The van der Waals surface area contributed by atoms with Crippen molar-refractivity contribution in [3.8, 4) is 5.75 Å². The molecule has 24 heavy (non-hydrogen) atoms. The number of carbonyl (C=O) groups is 1. The first-order valence-electron chi connectivity index (χ1n) is 7.58. The van der Waals surface area contributed by atoms with Crippen LogP contribution in [0.15, 0.2) is 59.6 Å². The second-order valence-corrected chi connectivity index (χ2v) is 7.08. The standard InChI is InChI=1S/C18H17FN2O2S/c1-18(11-12-23-15-5-3-2-4-6-15)16(22)21-17(24-18)20-14-9-7-13(19)8-10-14/h2-10H,11-12H2,1H3,(H,20,21,22). The van der Waals surface area contributed by atoms with Gasteiger partial charge in [0.25, 0.3) is 0 Å². The fourth-order valence-corrected chi connectivity index (χ4v) is 3.29. The van der Waals surface area contributed by atoms with Crippen molar-refractivity contribution in [2.45, 2.75) is 18.1 Å². The Labute approximate surface area is 144 Å². The molecule has 1 N–H and O–H groups in total. The Morgan fingerprint density at radius 3 is 2.58 bits per heavy atom. The second-order valence-electron chi connectivity index (χ2n) is 5.59. The molecule has 1 aliphatic rings. The summed E-state index contributed by atoms with van der Waals surface area (Å²) in [6.45, 7) is 2.30. The molecule has 1 unspecified atom stereocenters. The molecule has 0 saturated carbocycles. The second kappa shape index (κ2) is 7.05. The van der Waals surface area contributed by atoms with Gasteiger partial charge in [-0.15, -0.1) is 0 Å². The average Bonchev–Trinajstić information content (AvgIpc) is 2.85. The van der Waals surface area contributed by atoms with Crippen LogP contribution in [0.3, 0.4) is 0 Å². The Morgan fingerprint density at radius 2 is 1.88 bits per heavy atom. The number of thioether (sulfide) groups is 1. The van der Waals surface area contributed by atoms with E-state index < -0.39 is 4.75 Å². The van der Waals surface area contributed by atoms with Crippen LogP contribution in [0.5, 0.6) is 5.75 Å². The maximum atomic E-state index is 12.9. The molecule has 1 amide bonds. The third-order valence-corrected chi connectivity index (χ3v) is 4.90. The molecule has 0 bridgehead atoms. The summed E-state index contributed by atoms with van der Waals surface area (Å²) in [4.78, 5) is 16.6. The number of rotatable bonds is 5. The normalized spacial score (nSPS) is 21.8. The van der Waals surface area contributed by atoms with E-state index in [1.165, 1.54) is 23.9 Å². The van der Waals surface area contributed by atoms with Gasteiger partial charge < -0.3 is 10.1 Å². The molecule has 0 spiro atoms. The molecule has 2 aromatic carbocycles. The largest absolute Gasteiger partial charge is 0.494 e. The molecule has 1 saturated heterocycles. The number of hydrogen-bond donors (Lipinski definition) is 1. The quantitative estimate of drug-likeness (QED) is 0.895. The highest BCUT2D eigenvalue weighted by molar-refractivity contribution is 8.16. The van der Waals surface area contributed by atoms with Gasteiger partial charge in [0.05, 0.1) is 12.3 Å². The monoisotopic (exact) mass is 344 g/mol. The van der Waals surface area contributed by atoms with E-state index in [1.54, 1.807) is 12.1 Å². The van der Waals surface area contributed by atoms with Gasteiger partial charge in [0.2, 0.25) is 5.91 Å². The van der Waals surface area contributed by atoms with Crippen LogP contribution in [-0.2, 0) is 4.79 Å². The van der Waals surface area contributed by atoms with Gasteiger partial charge in [0, 0.05) is 6.42 Å². The first kappa shape index (κ1) is 16.5. The number of benzene rings is 2. The Balaban J connectivity index is 1.61. The molecule has 0 aliphatic carbocycles. The van der Waals surface area contributed by atoms with Crippen molar-refractivity contribution in [1.82, 2.24) is 5.32 Å². The van der Waals surface area contributed by atoms with Gasteiger partial charge in [-0.3, -0.25) is 4.79 Å². The zero-order valence-electron chi connectivity index (χ0n) is 13.2. The number of carbonyl (C=O) groups excluding carboxylic acids is 1. The molecule has 6 heteroatoms. The smallest absolute Gasteiger partial charge is 0.242 e. The van der Waals surface area contributed by atoms with E-state index in [1.807, 2.05) is 37.3 Å². The molecule has 1 heterocycles. The molecule has 2 aromatic rings. The lowest BCUT2D eigenvalue weighted by molar-refractivity contribution is -0.121. The first-order valence-corrected chi connectivity index (χ1v) is 8.39. The Kier molecular flexibility index (Phi) is 4.85. The van der Waals surface area contributed by atoms with E-state index in [0.29, 0.717) is 23.9 Å². The zero-order chi connectivity index (χ0) is 17.0. The van der Waals surface area contributed by atoms with E-state index >= 15 is 0 Å². The van der Waals surface area contributed by atoms with E-state index in [2.05, 4.69) is 10.3 Å². The summed E-state index contributed by atoms with van der Waals surface area (Å²) in [5.41, 5.74) is 0.601. The number of hydrogen-bond acceptors (Lipinski definition) is 4. The summed E-state index contributed by atoms with van der Waals surface area (Å²) in [5, 5.41) is 3.30. The third-order valence-electron chi connectivity index (χ3n) is 3.67. The molecule has 0 aromatic heterocycles. The lowest BCUT2D eigenvalue weighted by Crippen LogP contribution is -2.35. The lowest BCUT2D eigenvalue weighted by atomic mass is 10.1. The van der Waals surface area contributed by atoms with Crippen molar-refractivity contribution in [1.29, 1.82) is 0 Å². The van der Waals surface area contributed by atoms with Crippen LogP contribution in [0.25, 0.3) is 0 Å². The fraction of sp³-hybridized carbons (Fsp3) is 0.222. The van der Waals surface area contributed by atoms with Crippen molar-refractivity contribution < 1.29 is 13.9 Å². The highest BCUT2D eigenvalue weighted by Crippen LogP contribution is 2.35. The third kappa shape index (κ3) is 3.94. The summed E-state index contributed by atoms with van der Waals surface area (Å²) in [5.74, 6) is 0.375. The Bertz CT molecular complexity index is 749. The number of ether oxygens (including phenoxy) is 1. The van der Waals surface area contributed by atoms with Crippen LogP contribution in [0.4, 0.5) is 10.1 Å². The zero-order valence-corrected chi connectivity index (χ0v) is 14.0. The lowest BCUT2D eigenvalue weighted by Gasteiger charge is -2.18. The minimum absolute atomic E-state index is 0.0926. The number of halogens is 1. The molecule has 0 radical (unpaired) electrons. The number of amidine groups is 1. The van der Waals surface area contributed by atoms with Crippen LogP contribution >= 0.6 is 11.8 Å². The van der Waals surface area contributed by atoms with Crippen LogP contribution in [-0.4, -0.2) is 22.4 Å². The first-order chi connectivity index (χ1) is 11.5. The summed E-state index contributed by atoms with van der Waals surface area (Å²) >= 11 is 1.37. The van der Waals surface area contributed by atoms with Gasteiger partial charge in [-0.25, -0.2) is 9.38 Å². The number of amides is 1. The van der Waals surface area contributed by atoms with Crippen LogP contribution in [0.2, 0.25) is 0 Å². The van der Waals surface area contributed by atoms with Crippen molar-refractivity contribution in [3.05, 3.63) is 60.4 Å². The molecule has 124 valence electrons. The summed E-state index contributed by atoms with van der Waals surface area (Å²) < 4.78 is 18.0. The van der Waals surface area contributed by atoms with Gasteiger partial charge in [-0.05, 0) is 43.3 Å². The molecule has 1 fully saturated rings. The van der Waals surface area contributed by atoms with Gasteiger partial charge in [-0.1, -0.05) is 30.0 Å². The van der Waals surface area contributed by atoms with E-state index in [4.69, 9.17) is 4.74 Å². The highest BCUT2D eigenvalue weighted by Gasteiger charge is 2.42. The average molecular weight is 344 g/mol. The molecule has 4 nitrogen and oxygen atoms in total. The SMILES string of the molecule is CC1(CCOc2ccccc2)SC(=Nc2ccc(F)cc2)NC1=O. The fourth-order valence-electron chi connectivity index (χ4n) is 2.24. The Morgan fingerprint density at radius 1 is 1.17 bits per heavy atom. The van der Waals surface area contributed by atoms with E-state index in [-0.39, 0.29) is 11.7 Å². The Hall–Kier alpha value is -2.34. The predicted octanol–water partition coefficient (Wildman–Crippen LogP) is 3.90. The van der Waals surface area contributed by atoms with E-state index in [9.17, 15) is 9.18 Å². The van der Waals surface area contributed by atoms with Gasteiger partial charge in [-0.2, -0.15) is 0 Å². The predicted molar refractivity (Wildman–Crippen MR) is 94.2 cm³/mol. The minimum Gasteiger partial charge on any atom is -0.494 e. The van der Waals surface area contributed by atoms with Gasteiger partial charge in [0.15, 0.2) is 5.17 Å². The maximum Gasteiger partial charge on any atom is 0.242 e. The number of aliphatic imine (C=N–C) groups is 1. The van der Waals surface area contributed by atoms with Crippen LogP contribution < -0.4 is 10.1 Å². The minimum atomic E-state index is -0.631. The summed E-state index contributed by atoms with van der Waals surface area (Å²) in [6, 6.07) is 15.3. The maximum absolute atomic E-state index is 12.9. The van der Waals surface area contributed by atoms with Gasteiger partial charge in [0.1, 0.15) is 16.3 Å². The number of nitrogens with zero attached hydrogens (tertiary/aromatic N) is 1. The van der Waals surface area contributed by atoms with Crippen molar-refractivity contribution in [2.75, 3.05) is 6.61 Å². The van der Waals surface area contributed by atoms with Crippen LogP contribution in [0.1, 0.15) is 13.3 Å². The molecule has 1 aliphatic heterocycles. The van der Waals surface area contributed by atoms with Crippen molar-refractivity contribution >= 4 is 28.5 Å². The van der Waals surface area contributed by atoms with Crippen molar-refractivity contribution in [3.63, 3.8) is 0 Å². The summed E-state index contributed by atoms with van der Waals surface area (Å²) in [7, 11) is 0. The van der Waals surface area contributed by atoms with E-state index in [0.717, 1.165) is 5.75 Å². The molecular formula is C18H17FN2O2S. The topological polar surface area (TPSA) is 50.7 Å². The van der Waals surface area contributed by atoms with Gasteiger partial charge >= 0.3 is 0 Å². The van der Waals surface area contributed by atoms with Crippen LogP contribution in [0, 0.1) is 5.82 Å². The number of nitrogens with one attached hydrogen (secondary N) is 1. The molecule has 1 atom stereocenters. The molecular weight excluding hydrogens is 327 g/mol. The summed E-state index contributed by atoms with van der Waals surface area (Å²) in [6.07, 6.45) is 0.556. The molecule has 3 rings (SSSR count). The van der Waals surface area contributed by atoms with Crippen molar-refractivity contribution in [2.24, 2.45) is 4.99 Å². The highest BCUT2D eigenvalue weighted by atomic mass is 32.2.